The molecule has 0 unspecified atom stereocenters. The van der Waals surface area contributed by atoms with Gasteiger partial charge in [-0.25, -0.2) is 4.79 Å². The van der Waals surface area contributed by atoms with Crippen molar-refractivity contribution in [3.63, 3.8) is 0 Å². The number of hydrogen-bond acceptors (Lipinski definition) is 2. The molecule has 66 valence electrons. The number of H-pyrrole nitrogens is 2. The fourth-order valence-corrected chi connectivity index (χ4v) is 1.38. The third-order valence-electron chi connectivity index (χ3n) is 1.94. The van der Waals surface area contributed by atoms with Crippen LogP contribution in [0.15, 0.2) is 23.0 Å². The lowest BCUT2D eigenvalue weighted by atomic mass is 10.1. The highest BCUT2D eigenvalue weighted by Gasteiger charge is 2.02. The minimum absolute atomic E-state index is 0.242. The van der Waals surface area contributed by atoms with Crippen molar-refractivity contribution in [1.29, 1.82) is 0 Å². The number of aldehydes is 1. The van der Waals surface area contributed by atoms with Crippen LogP contribution in [-0.4, -0.2) is 16.3 Å². The van der Waals surface area contributed by atoms with Crippen molar-refractivity contribution in [2.75, 3.05) is 0 Å². The molecule has 13 heavy (non-hydrogen) atoms. The van der Waals surface area contributed by atoms with Crippen LogP contribution in [0.2, 0.25) is 0 Å². The van der Waals surface area contributed by atoms with Gasteiger partial charge in [0.15, 0.2) is 0 Å². The van der Waals surface area contributed by atoms with Gasteiger partial charge in [0.05, 0.1) is 11.0 Å². The Morgan fingerprint density at radius 3 is 2.92 bits per heavy atom. The average Bonchev–Trinajstić information content (AvgIpc) is 2.47. The van der Waals surface area contributed by atoms with E-state index in [-0.39, 0.29) is 5.69 Å². The fraction of sp³-hybridized carbons (Fsp3) is 0.111. The molecule has 0 aliphatic carbocycles. The second kappa shape index (κ2) is 2.90. The van der Waals surface area contributed by atoms with Crippen LogP contribution >= 0.6 is 0 Å². The maximum absolute atomic E-state index is 10.9. The maximum atomic E-state index is 10.9. The standard InChI is InChI=1S/C9H8N2O2/c12-5-4-6-2-1-3-7-8(6)11-9(13)10-7/h1-3,5H,4H2,(H2,10,11,13). The summed E-state index contributed by atoms with van der Waals surface area (Å²) >= 11 is 0. The number of aromatic nitrogens is 2. The number of imidazole rings is 1. The first-order valence-corrected chi connectivity index (χ1v) is 3.95. The third kappa shape index (κ3) is 1.26. The number of carbonyl (C=O) groups is 1. The zero-order chi connectivity index (χ0) is 9.26. The summed E-state index contributed by atoms with van der Waals surface area (Å²) < 4.78 is 0. The summed E-state index contributed by atoms with van der Waals surface area (Å²) in [5, 5.41) is 0. The Kier molecular flexibility index (Phi) is 1.73. The summed E-state index contributed by atoms with van der Waals surface area (Å²) in [4.78, 5) is 26.5. The van der Waals surface area contributed by atoms with Crippen LogP contribution in [0.5, 0.6) is 0 Å². The molecule has 0 aliphatic heterocycles. The number of nitrogens with one attached hydrogen (secondary N) is 2. The molecule has 4 nitrogen and oxygen atoms in total. The predicted octanol–water partition coefficient (Wildman–Crippen LogP) is 0.598. The molecule has 1 aromatic heterocycles. The molecule has 0 spiro atoms. The Bertz CT molecular complexity index is 496. The van der Waals surface area contributed by atoms with Gasteiger partial charge in [0, 0.05) is 6.42 Å². The molecule has 4 heteroatoms. The highest BCUT2D eigenvalue weighted by molar-refractivity contribution is 5.80. The minimum Gasteiger partial charge on any atom is -0.306 e. The second-order valence-corrected chi connectivity index (χ2v) is 2.79. The molecule has 0 fully saturated rings. The summed E-state index contributed by atoms with van der Waals surface area (Å²) in [5.41, 5.74) is 2.06. The van der Waals surface area contributed by atoms with Crippen LogP contribution < -0.4 is 5.69 Å². The third-order valence-corrected chi connectivity index (χ3v) is 1.94. The average molecular weight is 176 g/mol. The van der Waals surface area contributed by atoms with Crippen LogP contribution in [0.25, 0.3) is 11.0 Å². The maximum Gasteiger partial charge on any atom is 0.323 e. The molecule has 0 radical (unpaired) electrons. The molecule has 2 N–H and O–H groups in total. The predicted molar refractivity (Wildman–Crippen MR) is 48.7 cm³/mol. The van der Waals surface area contributed by atoms with Crippen LogP contribution in [0, 0.1) is 0 Å². The van der Waals surface area contributed by atoms with Gasteiger partial charge in [-0.15, -0.1) is 0 Å². The topological polar surface area (TPSA) is 65.7 Å². The van der Waals surface area contributed by atoms with Crippen molar-refractivity contribution in [2.24, 2.45) is 0 Å². The van der Waals surface area contributed by atoms with Gasteiger partial charge in [-0.2, -0.15) is 0 Å². The van der Waals surface area contributed by atoms with Crippen molar-refractivity contribution < 1.29 is 4.79 Å². The van der Waals surface area contributed by atoms with Gasteiger partial charge >= 0.3 is 5.69 Å². The SMILES string of the molecule is O=CCc1cccc2[nH]c(=O)[nH]c12. The van der Waals surface area contributed by atoms with E-state index >= 15 is 0 Å². The van der Waals surface area contributed by atoms with E-state index in [4.69, 9.17) is 0 Å². The Morgan fingerprint density at radius 1 is 1.31 bits per heavy atom. The van der Waals surface area contributed by atoms with Gasteiger partial charge in [0.25, 0.3) is 0 Å². The van der Waals surface area contributed by atoms with E-state index in [0.29, 0.717) is 6.42 Å². The van der Waals surface area contributed by atoms with E-state index in [1.54, 1.807) is 6.07 Å². The highest BCUT2D eigenvalue weighted by atomic mass is 16.1. The molecule has 0 amide bonds. The normalized spacial score (nSPS) is 10.5. The first-order valence-electron chi connectivity index (χ1n) is 3.95. The summed E-state index contributed by atoms with van der Waals surface area (Å²) in [7, 11) is 0. The van der Waals surface area contributed by atoms with Gasteiger partial charge in [0.1, 0.15) is 6.29 Å². The lowest BCUT2D eigenvalue weighted by Gasteiger charge is -1.95. The zero-order valence-electron chi connectivity index (χ0n) is 6.83. The van der Waals surface area contributed by atoms with E-state index in [1.807, 2.05) is 12.1 Å². The molecule has 0 atom stereocenters. The van der Waals surface area contributed by atoms with Crippen molar-refractivity contribution >= 4 is 17.3 Å². The van der Waals surface area contributed by atoms with E-state index in [1.165, 1.54) is 0 Å². The van der Waals surface area contributed by atoms with Gasteiger partial charge in [-0.1, -0.05) is 12.1 Å². The second-order valence-electron chi connectivity index (χ2n) is 2.79. The molecule has 0 aliphatic rings. The summed E-state index contributed by atoms with van der Waals surface area (Å²) in [6.07, 6.45) is 1.14. The number of para-hydroxylation sites is 1. The van der Waals surface area contributed by atoms with Gasteiger partial charge in [0.2, 0.25) is 0 Å². The quantitative estimate of drug-likeness (QED) is 0.658. The van der Waals surface area contributed by atoms with Crippen LogP contribution in [0.3, 0.4) is 0 Å². The number of aromatic amines is 2. The van der Waals surface area contributed by atoms with Crippen molar-refractivity contribution in [3.05, 3.63) is 34.2 Å². The van der Waals surface area contributed by atoms with E-state index < -0.39 is 0 Å². The molecule has 2 aromatic rings. The first-order chi connectivity index (χ1) is 6.31. The van der Waals surface area contributed by atoms with Crippen molar-refractivity contribution in [1.82, 2.24) is 9.97 Å². The molecule has 0 saturated heterocycles. The lowest BCUT2D eigenvalue weighted by molar-refractivity contribution is -0.107. The monoisotopic (exact) mass is 176 g/mol. The molecule has 1 aromatic carbocycles. The fourth-order valence-electron chi connectivity index (χ4n) is 1.38. The first kappa shape index (κ1) is 7.79. The number of carbonyl (C=O) groups excluding carboxylic acids is 1. The van der Waals surface area contributed by atoms with Gasteiger partial charge < -0.3 is 14.8 Å². The smallest absolute Gasteiger partial charge is 0.306 e. The van der Waals surface area contributed by atoms with Crippen LogP contribution in [0.4, 0.5) is 0 Å². The minimum atomic E-state index is -0.242. The number of hydrogen-bond donors (Lipinski definition) is 2. The van der Waals surface area contributed by atoms with Crippen LogP contribution in [-0.2, 0) is 11.2 Å². The van der Waals surface area contributed by atoms with Crippen molar-refractivity contribution in [3.8, 4) is 0 Å². The number of fused-ring (bicyclic) bond motifs is 1. The zero-order valence-corrected chi connectivity index (χ0v) is 6.83. The highest BCUT2D eigenvalue weighted by Crippen LogP contribution is 2.12. The number of benzene rings is 1. The van der Waals surface area contributed by atoms with Gasteiger partial charge in [-0.3, -0.25) is 0 Å². The lowest BCUT2D eigenvalue weighted by Crippen LogP contribution is -1.99. The van der Waals surface area contributed by atoms with Gasteiger partial charge in [-0.05, 0) is 11.6 Å². The Labute approximate surface area is 73.6 Å². The molecular weight excluding hydrogens is 168 g/mol. The Morgan fingerprint density at radius 2 is 2.15 bits per heavy atom. The summed E-state index contributed by atoms with van der Waals surface area (Å²) in [5.74, 6) is 0. The molecule has 1 heterocycles. The molecular formula is C9H8N2O2. The van der Waals surface area contributed by atoms with E-state index in [9.17, 15) is 9.59 Å². The van der Waals surface area contributed by atoms with Crippen LogP contribution in [0.1, 0.15) is 5.56 Å². The Balaban J connectivity index is 2.74. The molecule has 0 saturated carbocycles. The largest absolute Gasteiger partial charge is 0.323 e. The molecule has 0 bridgehead atoms. The van der Waals surface area contributed by atoms with E-state index in [2.05, 4.69) is 9.97 Å². The van der Waals surface area contributed by atoms with Crippen molar-refractivity contribution in [2.45, 2.75) is 6.42 Å². The summed E-state index contributed by atoms with van der Waals surface area (Å²) in [6.45, 7) is 0. The van der Waals surface area contributed by atoms with E-state index in [0.717, 1.165) is 22.9 Å². The molecule has 2 rings (SSSR count). The summed E-state index contributed by atoms with van der Waals surface area (Å²) in [6, 6.07) is 5.42. The Hall–Kier alpha value is -1.84. The number of rotatable bonds is 2.